The van der Waals surface area contributed by atoms with Crippen LogP contribution in [0, 0.1) is 13.8 Å². The predicted octanol–water partition coefficient (Wildman–Crippen LogP) is 2.33. The summed E-state index contributed by atoms with van der Waals surface area (Å²) in [5, 5.41) is 7.56. The molecule has 1 saturated heterocycles. The van der Waals surface area contributed by atoms with E-state index in [0.29, 0.717) is 13.0 Å². The number of carbonyl (C=O) groups excluding carboxylic acids is 1. The number of nitrogens with one attached hydrogen (secondary N) is 1. The fourth-order valence-electron chi connectivity index (χ4n) is 3.01. The minimum Gasteiger partial charge on any atom is -0.376 e. The zero-order valence-corrected chi connectivity index (χ0v) is 13.7. The molecule has 5 nitrogen and oxygen atoms in total. The van der Waals surface area contributed by atoms with Crippen molar-refractivity contribution >= 4 is 5.91 Å². The number of ether oxygens (including phenoxy) is 1. The lowest BCUT2D eigenvalue weighted by Crippen LogP contribution is -2.33. The van der Waals surface area contributed by atoms with Crippen LogP contribution in [0.25, 0.3) is 5.69 Å². The normalized spacial score (nSPS) is 17.4. The molecular formula is C18H23N3O2. The van der Waals surface area contributed by atoms with Crippen LogP contribution in [-0.4, -0.2) is 34.9 Å². The summed E-state index contributed by atoms with van der Waals surface area (Å²) in [4.78, 5) is 12.2. The fraction of sp³-hybridized carbons (Fsp3) is 0.444. The first-order chi connectivity index (χ1) is 11.1. The molecule has 1 N–H and O–H groups in total. The Morgan fingerprint density at radius 2 is 2.13 bits per heavy atom. The highest BCUT2D eigenvalue weighted by Crippen LogP contribution is 2.18. The molecule has 1 unspecified atom stereocenters. The lowest BCUT2D eigenvalue weighted by Gasteiger charge is -2.11. The molecule has 0 radical (unpaired) electrons. The molecule has 23 heavy (non-hydrogen) atoms. The van der Waals surface area contributed by atoms with Crippen molar-refractivity contribution in [2.45, 2.75) is 39.2 Å². The molecule has 0 bridgehead atoms. The minimum atomic E-state index is 0.0271. The lowest BCUT2D eigenvalue weighted by molar-refractivity contribution is -0.120. The Morgan fingerprint density at radius 3 is 2.83 bits per heavy atom. The number of nitrogens with zero attached hydrogens (tertiary/aromatic N) is 2. The van der Waals surface area contributed by atoms with Crippen LogP contribution in [0.2, 0.25) is 0 Å². The number of amides is 1. The predicted molar refractivity (Wildman–Crippen MR) is 88.7 cm³/mol. The quantitative estimate of drug-likeness (QED) is 0.922. The van der Waals surface area contributed by atoms with Gasteiger partial charge in [0.25, 0.3) is 0 Å². The Hall–Kier alpha value is -2.14. The van der Waals surface area contributed by atoms with E-state index in [1.54, 1.807) is 0 Å². The maximum Gasteiger partial charge on any atom is 0.224 e. The molecule has 1 amide bonds. The van der Waals surface area contributed by atoms with Crippen molar-refractivity contribution < 1.29 is 9.53 Å². The van der Waals surface area contributed by atoms with E-state index in [0.717, 1.165) is 42.1 Å². The van der Waals surface area contributed by atoms with Gasteiger partial charge in [-0.05, 0) is 38.8 Å². The molecule has 0 spiro atoms. The smallest absolute Gasteiger partial charge is 0.224 e. The van der Waals surface area contributed by atoms with Crippen LogP contribution < -0.4 is 5.32 Å². The van der Waals surface area contributed by atoms with Gasteiger partial charge in [0, 0.05) is 24.4 Å². The Labute approximate surface area is 136 Å². The van der Waals surface area contributed by atoms with Crippen LogP contribution in [-0.2, 0) is 16.0 Å². The molecule has 1 aliphatic heterocycles. The molecule has 1 aromatic carbocycles. The molecule has 1 atom stereocenters. The third-order valence-corrected chi connectivity index (χ3v) is 4.33. The summed E-state index contributed by atoms with van der Waals surface area (Å²) in [6.07, 6.45) is 2.65. The highest BCUT2D eigenvalue weighted by Gasteiger charge is 2.18. The molecule has 1 aliphatic rings. The minimum absolute atomic E-state index is 0.0271. The number of aryl methyl sites for hydroxylation is 1. The van der Waals surface area contributed by atoms with Crippen LogP contribution in [0.5, 0.6) is 0 Å². The highest BCUT2D eigenvalue weighted by molar-refractivity contribution is 5.79. The first kappa shape index (κ1) is 15.7. The summed E-state index contributed by atoms with van der Waals surface area (Å²) in [5.74, 6) is 0.0271. The van der Waals surface area contributed by atoms with Gasteiger partial charge >= 0.3 is 0 Å². The number of benzene rings is 1. The van der Waals surface area contributed by atoms with Gasteiger partial charge in [-0.2, -0.15) is 5.10 Å². The van der Waals surface area contributed by atoms with E-state index < -0.39 is 0 Å². The monoisotopic (exact) mass is 313 g/mol. The van der Waals surface area contributed by atoms with Gasteiger partial charge in [0.2, 0.25) is 5.91 Å². The number of aromatic nitrogens is 2. The maximum absolute atomic E-state index is 12.2. The van der Waals surface area contributed by atoms with Gasteiger partial charge in [0.05, 0.1) is 23.9 Å². The average molecular weight is 313 g/mol. The summed E-state index contributed by atoms with van der Waals surface area (Å²) in [7, 11) is 0. The van der Waals surface area contributed by atoms with Crippen LogP contribution in [0.1, 0.15) is 29.8 Å². The summed E-state index contributed by atoms with van der Waals surface area (Å²) >= 11 is 0. The van der Waals surface area contributed by atoms with Crippen molar-refractivity contribution in [2.75, 3.05) is 13.2 Å². The third-order valence-electron chi connectivity index (χ3n) is 4.33. The van der Waals surface area contributed by atoms with Gasteiger partial charge < -0.3 is 10.1 Å². The number of para-hydroxylation sites is 1. The number of hydrogen-bond acceptors (Lipinski definition) is 3. The molecule has 5 heteroatoms. The molecule has 122 valence electrons. The summed E-state index contributed by atoms with van der Waals surface area (Å²) < 4.78 is 7.43. The standard InChI is InChI=1S/C18H23N3O2/c1-13-17(11-18(22)19-12-16-9-6-10-23-16)14(2)21(20-13)15-7-4-3-5-8-15/h3-5,7-8,16H,6,9-12H2,1-2H3,(H,19,22). The number of hydrogen-bond donors (Lipinski definition) is 1. The van der Waals surface area contributed by atoms with Crippen LogP contribution in [0.15, 0.2) is 30.3 Å². The number of carbonyl (C=O) groups is 1. The van der Waals surface area contributed by atoms with Gasteiger partial charge in [-0.15, -0.1) is 0 Å². The molecule has 2 aromatic rings. The largest absolute Gasteiger partial charge is 0.376 e. The Kier molecular flexibility index (Phi) is 4.76. The van der Waals surface area contributed by atoms with Crippen LogP contribution >= 0.6 is 0 Å². The Balaban J connectivity index is 1.68. The average Bonchev–Trinajstić information content (AvgIpc) is 3.17. The second-order valence-electron chi connectivity index (χ2n) is 6.01. The van der Waals surface area contributed by atoms with Crippen LogP contribution in [0.4, 0.5) is 0 Å². The molecule has 1 fully saturated rings. The third kappa shape index (κ3) is 3.62. The van der Waals surface area contributed by atoms with E-state index in [-0.39, 0.29) is 12.0 Å². The molecule has 0 aliphatic carbocycles. The second kappa shape index (κ2) is 6.96. The first-order valence-electron chi connectivity index (χ1n) is 8.14. The van der Waals surface area contributed by atoms with Crippen molar-refractivity contribution in [3.05, 3.63) is 47.3 Å². The molecule has 3 rings (SSSR count). The van der Waals surface area contributed by atoms with E-state index in [2.05, 4.69) is 10.4 Å². The molecule has 0 saturated carbocycles. The zero-order valence-electron chi connectivity index (χ0n) is 13.7. The van der Waals surface area contributed by atoms with Gasteiger partial charge in [0.1, 0.15) is 0 Å². The fourth-order valence-corrected chi connectivity index (χ4v) is 3.01. The van der Waals surface area contributed by atoms with Gasteiger partial charge in [-0.25, -0.2) is 4.68 Å². The molecule has 1 aromatic heterocycles. The van der Waals surface area contributed by atoms with Gasteiger partial charge in [-0.1, -0.05) is 18.2 Å². The summed E-state index contributed by atoms with van der Waals surface area (Å²) in [6.45, 7) is 5.37. The second-order valence-corrected chi connectivity index (χ2v) is 6.01. The zero-order chi connectivity index (χ0) is 16.2. The highest BCUT2D eigenvalue weighted by atomic mass is 16.5. The van der Waals surface area contributed by atoms with E-state index in [9.17, 15) is 4.79 Å². The van der Waals surface area contributed by atoms with Crippen molar-refractivity contribution in [1.82, 2.24) is 15.1 Å². The Morgan fingerprint density at radius 1 is 1.35 bits per heavy atom. The van der Waals surface area contributed by atoms with E-state index in [1.165, 1.54) is 0 Å². The molecule has 2 heterocycles. The first-order valence-corrected chi connectivity index (χ1v) is 8.14. The maximum atomic E-state index is 12.2. The van der Waals surface area contributed by atoms with Crippen molar-refractivity contribution in [3.8, 4) is 5.69 Å². The van der Waals surface area contributed by atoms with E-state index in [4.69, 9.17) is 4.74 Å². The van der Waals surface area contributed by atoms with Gasteiger partial charge in [0.15, 0.2) is 0 Å². The van der Waals surface area contributed by atoms with Crippen molar-refractivity contribution in [3.63, 3.8) is 0 Å². The van der Waals surface area contributed by atoms with Crippen molar-refractivity contribution in [2.24, 2.45) is 0 Å². The van der Waals surface area contributed by atoms with Crippen LogP contribution in [0.3, 0.4) is 0 Å². The summed E-state index contributed by atoms with van der Waals surface area (Å²) in [5.41, 5.74) is 3.93. The van der Waals surface area contributed by atoms with E-state index >= 15 is 0 Å². The topological polar surface area (TPSA) is 56.2 Å². The van der Waals surface area contributed by atoms with E-state index in [1.807, 2.05) is 48.9 Å². The number of rotatable bonds is 5. The SMILES string of the molecule is Cc1nn(-c2ccccc2)c(C)c1CC(=O)NCC1CCCO1. The Bertz CT molecular complexity index is 673. The molecular weight excluding hydrogens is 290 g/mol. The van der Waals surface area contributed by atoms with Gasteiger partial charge in [-0.3, -0.25) is 4.79 Å². The lowest BCUT2D eigenvalue weighted by atomic mass is 10.1. The van der Waals surface area contributed by atoms with Crippen molar-refractivity contribution in [1.29, 1.82) is 0 Å². The summed E-state index contributed by atoms with van der Waals surface area (Å²) in [6, 6.07) is 9.98.